The molecule has 2 aromatic carbocycles. The fourth-order valence-electron chi connectivity index (χ4n) is 1.95. The number of fused-ring (bicyclic) bond motifs is 1. The van der Waals surface area contributed by atoms with E-state index in [9.17, 15) is 9.90 Å². The third-order valence-electron chi connectivity index (χ3n) is 2.92. The number of hydrogen-bond donors (Lipinski definition) is 1. The van der Waals surface area contributed by atoms with Gasteiger partial charge in [0.15, 0.2) is 5.76 Å². The normalized spacial score (nSPS) is 15.3. The van der Waals surface area contributed by atoms with Gasteiger partial charge in [0.25, 0.3) is 0 Å². The van der Waals surface area contributed by atoms with E-state index in [1.54, 1.807) is 18.2 Å². The van der Waals surface area contributed by atoms with E-state index >= 15 is 0 Å². The number of phenolic OH excluding ortho intramolecular Hbond substituents is 1. The van der Waals surface area contributed by atoms with Crippen molar-refractivity contribution in [2.75, 3.05) is 0 Å². The molecule has 1 heterocycles. The number of Topliss-reactive ketones (excluding diaryl/α,β-unsaturated/α-hetero) is 1. The zero-order valence-electron chi connectivity index (χ0n) is 10.1. The maximum atomic E-state index is 12.2. The summed E-state index contributed by atoms with van der Waals surface area (Å²) in [5.74, 6) is 0.267. The Balaban J connectivity index is 2.03. The van der Waals surface area contributed by atoms with Gasteiger partial charge >= 0.3 is 0 Å². The molecule has 0 spiro atoms. The smallest absolute Gasteiger partial charge is 0.231 e. The summed E-state index contributed by atoms with van der Waals surface area (Å²) in [6, 6.07) is 9.49. The van der Waals surface area contributed by atoms with E-state index in [1.165, 1.54) is 24.3 Å². The summed E-state index contributed by atoms with van der Waals surface area (Å²) in [5.41, 5.74) is 1.01. The molecule has 100 valence electrons. The van der Waals surface area contributed by atoms with E-state index in [0.717, 1.165) is 0 Å². The van der Waals surface area contributed by atoms with Gasteiger partial charge in [-0.05, 0) is 29.8 Å². The third kappa shape index (κ3) is 2.15. The quantitative estimate of drug-likeness (QED) is 0.798. The van der Waals surface area contributed by atoms with Crippen LogP contribution >= 0.6 is 23.2 Å². The molecular formula is C15H8Cl2O3. The Hall–Kier alpha value is -1.97. The number of ether oxygens (including phenoxy) is 1. The van der Waals surface area contributed by atoms with Crippen molar-refractivity contribution in [1.29, 1.82) is 0 Å². The van der Waals surface area contributed by atoms with Crippen LogP contribution in [0.4, 0.5) is 0 Å². The van der Waals surface area contributed by atoms with Crippen LogP contribution < -0.4 is 4.74 Å². The summed E-state index contributed by atoms with van der Waals surface area (Å²) in [6.45, 7) is 0. The van der Waals surface area contributed by atoms with Crippen LogP contribution in [0.15, 0.2) is 42.2 Å². The van der Waals surface area contributed by atoms with Crippen LogP contribution in [0.5, 0.6) is 11.5 Å². The Morgan fingerprint density at radius 3 is 2.75 bits per heavy atom. The standard InChI is InChI=1S/C15H8Cl2O3/c16-11-3-1-2-8(14(11)17)6-13-15(19)10-5-4-9(18)7-12(10)20-13/h1-7,18H/b13-6-. The Morgan fingerprint density at radius 1 is 1.15 bits per heavy atom. The molecule has 0 saturated heterocycles. The van der Waals surface area contributed by atoms with Crippen LogP contribution in [-0.4, -0.2) is 10.9 Å². The van der Waals surface area contributed by atoms with E-state index in [2.05, 4.69) is 0 Å². The van der Waals surface area contributed by atoms with E-state index in [4.69, 9.17) is 27.9 Å². The number of aromatic hydroxyl groups is 1. The summed E-state index contributed by atoms with van der Waals surface area (Å²) >= 11 is 12.0. The van der Waals surface area contributed by atoms with Gasteiger partial charge in [-0.1, -0.05) is 35.3 Å². The maximum Gasteiger partial charge on any atom is 0.231 e. The molecule has 0 unspecified atom stereocenters. The first-order valence-corrected chi connectivity index (χ1v) is 6.53. The van der Waals surface area contributed by atoms with Crippen LogP contribution in [0.3, 0.4) is 0 Å². The number of benzene rings is 2. The summed E-state index contributed by atoms with van der Waals surface area (Å²) in [5, 5.41) is 10.2. The third-order valence-corrected chi connectivity index (χ3v) is 3.76. The summed E-state index contributed by atoms with van der Waals surface area (Å²) in [6.07, 6.45) is 1.54. The molecule has 0 aliphatic carbocycles. The summed E-state index contributed by atoms with van der Waals surface area (Å²) in [7, 11) is 0. The molecule has 0 atom stereocenters. The molecule has 0 saturated carbocycles. The second-order valence-electron chi connectivity index (χ2n) is 4.26. The van der Waals surface area contributed by atoms with Gasteiger partial charge in [-0.2, -0.15) is 0 Å². The SMILES string of the molecule is O=C1/C(=C/c2cccc(Cl)c2Cl)Oc2cc(O)ccc21. The van der Waals surface area contributed by atoms with Crippen molar-refractivity contribution in [3.8, 4) is 11.5 Å². The molecule has 20 heavy (non-hydrogen) atoms. The second-order valence-corrected chi connectivity index (χ2v) is 5.05. The van der Waals surface area contributed by atoms with Gasteiger partial charge in [0.2, 0.25) is 5.78 Å². The van der Waals surface area contributed by atoms with Crippen molar-refractivity contribution in [3.05, 3.63) is 63.3 Å². The first-order chi connectivity index (χ1) is 9.56. The summed E-state index contributed by atoms with van der Waals surface area (Å²) < 4.78 is 5.45. The minimum Gasteiger partial charge on any atom is -0.508 e. The molecule has 5 heteroatoms. The monoisotopic (exact) mass is 306 g/mol. The largest absolute Gasteiger partial charge is 0.508 e. The van der Waals surface area contributed by atoms with Crippen molar-refractivity contribution in [1.82, 2.24) is 0 Å². The zero-order valence-corrected chi connectivity index (χ0v) is 11.6. The fraction of sp³-hybridized carbons (Fsp3) is 0. The molecule has 3 nitrogen and oxygen atoms in total. The topological polar surface area (TPSA) is 46.5 Å². The van der Waals surface area contributed by atoms with Crippen LogP contribution in [0.2, 0.25) is 10.0 Å². The minimum atomic E-state index is -0.254. The number of hydrogen-bond acceptors (Lipinski definition) is 3. The highest BCUT2D eigenvalue weighted by Gasteiger charge is 2.27. The first kappa shape index (κ1) is 13.0. The highest BCUT2D eigenvalue weighted by molar-refractivity contribution is 6.43. The van der Waals surface area contributed by atoms with Crippen LogP contribution in [-0.2, 0) is 0 Å². The van der Waals surface area contributed by atoms with Gasteiger partial charge in [-0.25, -0.2) is 0 Å². The number of carbonyl (C=O) groups excluding carboxylic acids is 1. The number of halogens is 2. The average Bonchev–Trinajstić information content (AvgIpc) is 2.71. The lowest BCUT2D eigenvalue weighted by atomic mass is 10.1. The molecule has 2 aromatic rings. The molecule has 0 bridgehead atoms. The van der Waals surface area contributed by atoms with Crippen molar-refractivity contribution < 1.29 is 14.6 Å². The number of carbonyl (C=O) groups is 1. The van der Waals surface area contributed by atoms with Crippen molar-refractivity contribution in [2.24, 2.45) is 0 Å². The number of ketones is 1. The maximum absolute atomic E-state index is 12.2. The van der Waals surface area contributed by atoms with Crippen molar-refractivity contribution in [3.63, 3.8) is 0 Å². The fourth-order valence-corrected chi connectivity index (χ4v) is 2.31. The molecule has 0 aromatic heterocycles. The Labute approximate surface area is 125 Å². The minimum absolute atomic E-state index is 0.0404. The lowest BCUT2D eigenvalue weighted by Gasteiger charge is -2.02. The molecule has 1 N–H and O–H groups in total. The number of allylic oxidation sites excluding steroid dienone is 1. The molecule has 1 aliphatic heterocycles. The Kier molecular flexibility index (Phi) is 3.16. The average molecular weight is 307 g/mol. The van der Waals surface area contributed by atoms with E-state index in [0.29, 0.717) is 26.9 Å². The summed E-state index contributed by atoms with van der Waals surface area (Å²) in [4.78, 5) is 12.2. The zero-order chi connectivity index (χ0) is 14.3. The lowest BCUT2D eigenvalue weighted by Crippen LogP contribution is -1.98. The van der Waals surface area contributed by atoms with Crippen LogP contribution in [0.1, 0.15) is 15.9 Å². The number of phenols is 1. The predicted molar refractivity (Wildman–Crippen MR) is 77.5 cm³/mol. The molecule has 3 rings (SSSR count). The molecule has 0 amide bonds. The van der Waals surface area contributed by atoms with Gasteiger partial charge in [-0.15, -0.1) is 0 Å². The first-order valence-electron chi connectivity index (χ1n) is 5.77. The van der Waals surface area contributed by atoms with Crippen molar-refractivity contribution in [2.45, 2.75) is 0 Å². The Morgan fingerprint density at radius 2 is 1.95 bits per heavy atom. The molecular weight excluding hydrogens is 299 g/mol. The van der Waals surface area contributed by atoms with Crippen LogP contribution in [0, 0.1) is 0 Å². The second kappa shape index (κ2) is 4.85. The van der Waals surface area contributed by atoms with Crippen LogP contribution in [0.25, 0.3) is 6.08 Å². The molecule has 1 aliphatic rings. The number of rotatable bonds is 1. The highest BCUT2D eigenvalue weighted by Crippen LogP contribution is 2.35. The van der Waals surface area contributed by atoms with E-state index in [1.807, 2.05) is 0 Å². The van der Waals surface area contributed by atoms with Gasteiger partial charge < -0.3 is 9.84 Å². The van der Waals surface area contributed by atoms with E-state index < -0.39 is 0 Å². The van der Waals surface area contributed by atoms with Crippen molar-refractivity contribution >= 4 is 35.1 Å². The molecule has 0 radical (unpaired) electrons. The Bertz CT molecular complexity index is 751. The van der Waals surface area contributed by atoms with Gasteiger partial charge in [0.05, 0.1) is 15.6 Å². The van der Waals surface area contributed by atoms with E-state index in [-0.39, 0.29) is 17.3 Å². The highest BCUT2D eigenvalue weighted by atomic mass is 35.5. The molecule has 0 fully saturated rings. The van der Waals surface area contributed by atoms with Gasteiger partial charge in [0.1, 0.15) is 11.5 Å². The lowest BCUT2D eigenvalue weighted by molar-refractivity contribution is 0.101. The van der Waals surface area contributed by atoms with Gasteiger partial charge in [-0.3, -0.25) is 4.79 Å². The van der Waals surface area contributed by atoms with Gasteiger partial charge in [0, 0.05) is 6.07 Å². The predicted octanol–water partition coefficient (Wildman–Crippen LogP) is 4.32.